The van der Waals surface area contributed by atoms with E-state index in [-0.39, 0.29) is 24.9 Å². The average Bonchev–Trinajstić information content (AvgIpc) is 2.54. The Morgan fingerprint density at radius 1 is 1.33 bits per heavy atom. The highest BCUT2D eigenvalue weighted by Crippen LogP contribution is 2.29. The SMILES string of the molecule is NC(=O)N1CCCC(C(=O)NCCc2cccc(C(F)(F)F)c2)C1. The predicted octanol–water partition coefficient (Wildman–Crippen LogP) is 2.15. The maximum atomic E-state index is 12.7. The summed E-state index contributed by atoms with van der Waals surface area (Å²) in [5.41, 5.74) is 5.03. The van der Waals surface area contributed by atoms with Gasteiger partial charge in [-0.2, -0.15) is 13.2 Å². The Morgan fingerprint density at radius 2 is 2.08 bits per heavy atom. The fraction of sp³-hybridized carbons (Fsp3) is 0.500. The molecule has 3 N–H and O–H groups in total. The first kappa shape index (κ1) is 18.1. The lowest BCUT2D eigenvalue weighted by atomic mass is 9.97. The van der Waals surface area contributed by atoms with Crippen LogP contribution in [0.25, 0.3) is 0 Å². The first-order chi connectivity index (χ1) is 11.3. The van der Waals surface area contributed by atoms with Gasteiger partial charge in [0.2, 0.25) is 5.91 Å². The Morgan fingerprint density at radius 3 is 2.75 bits per heavy atom. The predicted molar refractivity (Wildman–Crippen MR) is 82.0 cm³/mol. The molecule has 8 heteroatoms. The van der Waals surface area contributed by atoms with Crippen molar-refractivity contribution in [3.63, 3.8) is 0 Å². The summed E-state index contributed by atoms with van der Waals surface area (Å²) in [6.45, 7) is 1.07. The normalized spacial score (nSPS) is 18.3. The highest BCUT2D eigenvalue weighted by molar-refractivity contribution is 5.80. The number of nitrogens with zero attached hydrogens (tertiary/aromatic N) is 1. The van der Waals surface area contributed by atoms with Crippen molar-refractivity contribution < 1.29 is 22.8 Å². The van der Waals surface area contributed by atoms with Gasteiger partial charge in [0.05, 0.1) is 11.5 Å². The van der Waals surface area contributed by atoms with Crippen LogP contribution < -0.4 is 11.1 Å². The fourth-order valence-corrected chi connectivity index (χ4v) is 2.77. The van der Waals surface area contributed by atoms with Crippen molar-refractivity contribution in [1.29, 1.82) is 0 Å². The molecule has 3 amide bonds. The van der Waals surface area contributed by atoms with Crippen molar-refractivity contribution in [2.24, 2.45) is 11.7 Å². The van der Waals surface area contributed by atoms with Crippen LogP contribution in [0.3, 0.4) is 0 Å². The van der Waals surface area contributed by atoms with Gasteiger partial charge in [0, 0.05) is 19.6 Å². The summed E-state index contributed by atoms with van der Waals surface area (Å²) in [7, 11) is 0. The van der Waals surface area contributed by atoms with E-state index in [1.807, 2.05) is 0 Å². The number of piperidine rings is 1. The molecule has 0 aliphatic carbocycles. The molecule has 1 fully saturated rings. The fourth-order valence-electron chi connectivity index (χ4n) is 2.77. The molecule has 0 spiro atoms. The molecule has 24 heavy (non-hydrogen) atoms. The van der Waals surface area contributed by atoms with Gasteiger partial charge in [-0.1, -0.05) is 18.2 Å². The van der Waals surface area contributed by atoms with Crippen molar-refractivity contribution in [3.05, 3.63) is 35.4 Å². The summed E-state index contributed by atoms with van der Waals surface area (Å²) >= 11 is 0. The van der Waals surface area contributed by atoms with Crippen LogP contribution in [-0.4, -0.2) is 36.5 Å². The summed E-state index contributed by atoms with van der Waals surface area (Å²) < 4.78 is 38.0. The maximum Gasteiger partial charge on any atom is 0.416 e. The molecule has 1 atom stereocenters. The van der Waals surface area contributed by atoms with E-state index >= 15 is 0 Å². The summed E-state index contributed by atoms with van der Waals surface area (Å²) in [4.78, 5) is 24.7. The van der Waals surface area contributed by atoms with Gasteiger partial charge < -0.3 is 16.0 Å². The van der Waals surface area contributed by atoms with Gasteiger partial charge in [0.25, 0.3) is 0 Å². The van der Waals surface area contributed by atoms with Crippen LogP contribution in [0.5, 0.6) is 0 Å². The van der Waals surface area contributed by atoms with Crippen molar-refractivity contribution in [1.82, 2.24) is 10.2 Å². The zero-order valence-electron chi connectivity index (χ0n) is 13.1. The first-order valence-corrected chi connectivity index (χ1v) is 7.75. The number of nitrogens with two attached hydrogens (primary N) is 1. The van der Waals surface area contributed by atoms with Crippen LogP contribution in [0.2, 0.25) is 0 Å². The molecule has 1 aromatic rings. The Kier molecular flexibility index (Phi) is 5.69. The number of nitrogens with one attached hydrogen (secondary N) is 1. The second-order valence-corrected chi connectivity index (χ2v) is 5.86. The van der Waals surface area contributed by atoms with Crippen molar-refractivity contribution in [2.45, 2.75) is 25.4 Å². The molecule has 2 rings (SSSR count). The molecule has 1 heterocycles. The van der Waals surface area contributed by atoms with E-state index in [4.69, 9.17) is 5.73 Å². The van der Waals surface area contributed by atoms with Crippen molar-refractivity contribution >= 4 is 11.9 Å². The third-order valence-corrected chi connectivity index (χ3v) is 4.07. The number of benzene rings is 1. The standard InChI is InChI=1S/C16H20F3N3O2/c17-16(18,19)13-5-1-3-11(9-13)6-7-21-14(23)12-4-2-8-22(10-12)15(20)24/h1,3,5,9,12H,2,4,6-8,10H2,(H2,20,24)(H,21,23). The molecule has 0 radical (unpaired) electrons. The molecule has 0 bridgehead atoms. The van der Waals surface area contributed by atoms with Crippen LogP contribution >= 0.6 is 0 Å². The molecule has 5 nitrogen and oxygen atoms in total. The lowest BCUT2D eigenvalue weighted by Crippen LogP contribution is -2.47. The number of rotatable bonds is 4. The number of urea groups is 1. The third-order valence-electron chi connectivity index (χ3n) is 4.07. The minimum absolute atomic E-state index is 0.201. The maximum absolute atomic E-state index is 12.7. The highest BCUT2D eigenvalue weighted by Gasteiger charge is 2.30. The summed E-state index contributed by atoms with van der Waals surface area (Å²) in [6.07, 6.45) is -2.70. The van der Waals surface area contributed by atoms with Crippen molar-refractivity contribution in [2.75, 3.05) is 19.6 Å². The molecule has 0 saturated carbocycles. The quantitative estimate of drug-likeness (QED) is 0.879. The van der Waals surface area contributed by atoms with Gasteiger partial charge in [-0.25, -0.2) is 4.79 Å². The average molecular weight is 343 g/mol. The highest BCUT2D eigenvalue weighted by atomic mass is 19.4. The van der Waals surface area contributed by atoms with Gasteiger partial charge in [-0.3, -0.25) is 4.79 Å². The van der Waals surface area contributed by atoms with Crippen LogP contribution in [-0.2, 0) is 17.4 Å². The number of halogens is 3. The number of carbonyl (C=O) groups is 2. The molecule has 0 aromatic heterocycles. The zero-order chi connectivity index (χ0) is 17.7. The second-order valence-electron chi connectivity index (χ2n) is 5.86. The van der Waals surface area contributed by atoms with E-state index < -0.39 is 17.8 Å². The Bertz CT molecular complexity index is 604. The Labute approximate surface area is 138 Å². The van der Waals surface area contributed by atoms with Crippen LogP contribution in [0.4, 0.5) is 18.0 Å². The molecule has 1 aliphatic rings. The number of primary amides is 1. The van der Waals surface area contributed by atoms with E-state index in [0.717, 1.165) is 12.1 Å². The summed E-state index contributed by atoms with van der Waals surface area (Å²) in [5, 5.41) is 2.72. The molecule has 1 aliphatic heterocycles. The minimum atomic E-state index is -4.38. The van der Waals surface area contributed by atoms with E-state index in [1.54, 1.807) is 6.07 Å². The lowest BCUT2D eigenvalue weighted by molar-refractivity contribution is -0.137. The van der Waals surface area contributed by atoms with E-state index in [9.17, 15) is 22.8 Å². The molecule has 1 unspecified atom stereocenters. The van der Waals surface area contributed by atoms with E-state index in [1.165, 1.54) is 11.0 Å². The Balaban J connectivity index is 1.83. The molecule has 132 valence electrons. The third kappa shape index (κ3) is 4.87. The van der Waals surface area contributed by atoms with Crippen LogP contribution in [0, 0.1) is 5.92 Å². The molecular formula is C16H20F3N3O2. The van der Waals surface area contributed by atoms with Gasteiger partial charge in [0.1, 0.15) is 0 Å². The molecule has 1 saturated heterocycles. The van der Waals surface area contributed by atoms with Crippen molar-refractivity contribution in [3.8, 4) is 0 Å². The van der Waals surface area contributed by atoms with Crippen LogP contribution in [0.15, 0.2) is 24.3 Å². The smallest absolute Gasteiger partial charge is 0.355 e. The number of likely N-dealkylation sites (tertiary alicyclic amines) is 1. The largest absolute Gasteiger partial charge is 0.416 e. The van der Waals surface area contributed by atoms with Gasteiger partial charge in [-0.05, 0) is 30.9 Å². The zero-order valence-corrected chi connectivity index (χ0v) is 13.1. The number of carbonyl (C=O) groups excluding carboxylic acids is 2. The van der Waals surface area contributed by atoms with E-state index in [0.29, 0.717) is 31.4 Å². The number of hydrogen-bond donors (Lipinski definition) is 2. The summed E-state index contributed by atoms with van der Waals surface area (Å²) in [5.74, 6) is -0.527. The van der Waals surface area contributed by atoms with Gasteiger partial charge >= 0.3 is 12.2 Å². The first-order valence-electron chi connectivity index (χ1n) is 7.75. The van der Waals surface area contributed by atoms with E-state index in [2.05, 4.69) is 5.32 Å². The number of amides is 3. The monoisotopic (exact) mass is 343 g/mol. The number of alkyl halides is 3. The second kappa shape index (κ2) is 7.55. The summed E-state index contributed by atoms with van der Waals surface area (Å²) in [6, 6.07) is 4.50. The lowest BCUT2D eigenvalue weighted by Gasteiger charge is -2.30. The van der Waals surface area contributed by atoms with Crippen LogP contribution in [0.1, 0.15) is 24.0 Å². The number of hydrogen-bond acceptors (Lipinski definition) is 2. The molecular weight excluding hydrogens is 323 g/mol. The van der Waals surface area contributed by atoms with Gasteiger partial charge in [-0.15, -0.1) is 0 Å². The minimum Gasteiger partial charge on any atom is -0.355 e. The Hall–Kier alpha value is -2.25. The van der Waals surface area contributed by atoms with Gasteiger partial charge in [0.15, 0.2) is 0 Å². The molecule has 1 aromatic carbocycles. The topological polar surface area (TPSA) is 75.4 Å².